The summed E-state index contributed by atoms with van der Waals surface area (Å²) >= 11 is 0. The predicted octanol–water partition coefficient (Wildman–Crippen LogP) is 10.2. The molecule has 0 radical (unpaired) electrons. The van der Waals surface area contributed by atoms with Crippen molar-refractivity contribution in [1.82, 2.24) is 0 Å². The molecule has 3 aromatic rings. The molecule has 0 saturated heterocycles. The van der Waals surface area contributed by atoms with Crippen LogP contribution in [0.3, 0.4) is 0 Å². The lowest BCUT2D eigenvalue weighted by molar-refractivity contribution is -0.289. The predicted molar refractivity (Wildman–Crippen MR) is 108 cm³/mol. The smallest absolute Gasteiger partial charge is 0.191 e. The molecular formula is C23H12F14S. The van der Waals surface area contributed by atoms with E-state index in [-0.39, 0.29) is 24.3 Å². The molecule has 0 spiro atoms. The van der Waals surface area contributed by atoms with Gasteiger partial charge in [0.15, 0.2) is 0 Å². The number of hydrogen-bond donors (Lipinski definition) is 0. The molecule has 208 valence electrons. The molecule has 0 aromatic heterocycles. The van der Waals surface area contributed by atoms with Crippen molar-refractivity contribution in [3.8, 4) is 0 Å². The van der Waals surface area contributed by atoms with E-state index in [4.69, 9.17) is 0 Å². The van der Waals surface area contributed by atoms with Gasteiger partial charge in [-0.1, -0.05) is 30.3 Å². The van der Waals surface area contributed by atoms with Gasteiger partial charge in [-0.2, -0.15) is 61.0 Å². The quantitative estimate of drug-likeness (QED) is 0.261. The number of alkyl halides is 13. The van der Waals surface area contributed by atoms with Gasteiger partial charge in [-0.15, -0.1) is 0 Å². The van der Waals surface area contributed by atoms with Crippen LogP contribution in [-0.4, -0.2) is 12.4 Å². The molecule has 0 heterocycles. The third-order valence-electron chi connectivity index (χ3n) is 5.28. The molecule has 0 aliphatic heterocycles. The van der Waals surface area contributed by atoms with E-state index in [0.717, 1.165) is 12.1 Å². The fraction of sp³-hybridized carbons (Fsp3) is 0.217. The van der Waals surface area contributed by atoms with Crippen molar-refractivity contribution < 1.29 is 61.0 Å². The van der Waals surface area contributed by atoms with E-state index in [1.807, 2.05) is 0 Å². The van der Waals surface area contributed by atoms with Gasteiger partial charge in [-0.05, 0) is 52.9 Å². The Morgan fingerprint density at radius 3 is 1.11 bits per heavy atom. The first-order valence-corrected chi connectivity index (χ1v) is 11.5. The van der Waals surface area contributed by atoms with E-state index in [2.05, 4.69) is 0 Å². The first-order chi connectivity index (χ1) is 17.1. The van der Waals surface area contributed by atoms with Crippen molar-refractivity contribution in [1.29, 1.82) is 0 Å². The zero-order chi connectivity index (χ0) is 28.9. The van der Waals surface area contributed by atoms with Crippen LogP contribution in [-0.2, 0) is 18.0 Å². The van der Waals surface area contributed by atoms with Crippen LogP contribution in [0.2, 0.25) is 0 Å². The second-order valence-corrected chi connectivity index (χ2v) is 10.2. The van der Waals surface area contributed by atoms with E-state index < -0.39 is 72.2 Å². The van der Waals surface area contributed by atoms with Gasteiger partial charge in [0.25, 0.3) is 0 Å². The van der Waals surface area contributed by atoms with Gasteiger partial charge in [0, 0.05) is 25.8 Å². The van der Waals surface area contributed by atoms with Crippen LogP contribution in [0.25, 0.3) is 0 Å². The van der Waals surface area contributed by atoms with E-state index in [1.165, 1.54) is 0 Å². The van der Waals surface area contributed by atoms with Crippen LogP contribution in [0, 0.1) is 0 Å². The number of hydrogen-bond acceptors (Lipinski definition) is 0. The molecule has 0 unspecified atom stereocenters. The van der Waals surface area contributed by atoms with Crippen molar-refractivity contribution in [3.05, 3.63) is 89.5 Å². The van der Waals surface area contributed by atoms with Gasteiger partial charge in [-0.3, -0.25) is 0 Å². The second-order valence-electron chi connectivity index (χ2n) is 7.76. The molecule has 0 bridgehead atoms. The van der Waals surface area contributed by atoms with Crippen molar-refractivity contribution in [2.45, 2.75) is 45.1 Å². The Balaban J connectivity index is 2.23. The minimum Gasteiger partial charge on any atom is -0.191 e. The Morgan fingerprint density at radius 2 is 0.789 bits per heavy atom. The van der Waals surface area contributed by atoms with Crippen molar-refractivity contribution >= 4 is 10.4 Å². The highest BCUT2D eigenvalue weighted by Crippen LogP contribution is 2.70. The molecule has 0 saturated carbocycles. The number of rotatable bonds is 5. The summed E-state index contributed by atoms with van der Waals surface area (Å²) in [6, 6.07) is 4.97. The van der Waals surface area contributed by atoms with E-state index >= 15 is 3.89 Å². The summed E-state index contributed by atoms with van der Waals surface area (Å²) in [5.74, 6) is -10.7. The summed E-state index contributed by atoms with van der Waals surface area (Å²) in [6.07, 6.45) is -17.1. The van der Waals surface area contributed by atoms with E-state index in [0.29, 0.717) is 36.4 Å². The molecule has 0 aliphatic carbocycles. The third kappa shape index (κ3) is 5.16. The molecular weight excluding hydrogens is 574 g/mol. The number of halogens is 14. The van der Waals surface area contributed by atoms with Gasteiger partial charge in [-0.25, -0.2) is 0 Å². The van der Waals surface area contributed by atoms with Crippen LogP contribution < -0.4 is 0 Å². The van der Waals surface area contributed by atoms with E-state index in [1.54, 1.807) is 0 Å². The fourth-order valence-electron chi connectivity index (χ4n) is 3.29. The van der Waals surface area contributed by atoms with Gasteiger partial charge in [0.05, 0.1) is 5.56 Å². The van der Waals surface area contributed by atoms with Gasteiger partial charge >= 0.3 is 30.4 Å². The average molecular weight is 586 g/mol. The van der Waals surface area contributed by atoms with Crippen molar-refractivity contribution in [2.24, 2.45) is 0 Å². The molecule has 38 heavy (non-hydrogen) atoms. The van der Waals surface area contributed by atoms with Crippen LogP contribution >= 0.6 is 10.4 Å². The summed E-state index contributed by atoms with van der Waals surface area (Å²) in [5, 5.41) is 0. The highest BCUT2D eigenvalue weighted by molar-refractivity contribution is 8.29. The van der Waals surface area contributed by atoms with Crippen molar-refractivity contribution in [2.75, 3.05) is 0 Å². The second kappa shape index (κ2) is 9.35. The Bertz CT molecular complexity index is 1200. The molecule has 3 aromatic carbocycles. The highest BCUT2D eigenvalue weighted by Gasteiger charge is 2.59. The highest BCUT2D eigenvalue weighted by atomic mass is 32.3. The largest absolute Gasteiger partial charge is 0.458 e. The molecule has 3 rings (SSSR count). The van der Waals surface area contributed by atoms with Crippen LogP contribution in [0.15, 0.2) is 87.5 Å². The molecule has 0 nitrogen and oxygen atoms in total. The Morgan fingerprint density at radius 1 is 0.421 bits per heavy atom. The summed E-state index contributed by atoms with van der Waals surface area (Å²) in [4.78, 5) is -2.24. The molecule has 0 amide bonds. The SMILES string of the molecule is FC(F)(F)c1cccc(S(F)(c2ccc(C(F)(F)C(F)(F)F)cc2)c2ccc(C(F)(F)C(F)(F)F)cc2)c1. The molecule has 0 fully saturated rings. The van der Waals surface area contributed by atoms with Gasteiger partial charge < -0.3 is 0 Å². The maximum absolute atomic E-state index is 16.8. The summed E-state index contributed by atoms with van der Waals surface area (Å²) < 4.78 is 187. The monoisotopic (exact) mass is 586 g/mol. The molecule has 0 aliphatic rings. The average Bonchev–Trinajstić information content (AvgIpc) is 2.82. The minimum atomic E-state index is -6.03. The zero-order valence-electron chi connectivity index (χ0n) is 18.1. The summed E-state index contributed by atoms with van der Waals surface area (Å²) in [5.41, 5.74) is -4.63. The van der Waals surface area contributed by atoms with Gasteiger partial charge in [0.1, 0.15) is 0 Å². The Labute approximate surface area is 206 Å². The lowest BCUT2D eigenvalue weighted by Gasteiger charge is -2.33. The third-order valence-corrected chi connectivity index (χ3v) is 8.03. The Kier molecular flexibility index (Phi) is 7.28. The standard InChI is InChI=1S/C23H12F14S/c24-19(25,22(31,32)33)13-4-8-16(9-5-13)38(37,18-3-1-2-15(12-18)21(28,29)30)17-10-6-14(7-11-17)20(26,27)23(34,35)36/h1-12H. The van der Waals surface area contributed by atoms with E-state index in [9.17, 15) is 57.1 Å². The molecule has 0 N–H and O–H groups in total. The van der Waals surface area contributed by atoms with Crippen molar-refractivity contribution in [3.63, 3.8) is 0 Å². The first-order valence-electron chi connectivity index (χ1n) is 9.94. The molecule has 15 heteroatoms. The Hall–Kier alpha value is -2.97. The maximum Gasteiger partial charge on any atom is 0.458 e. The first kappa shape index (κ1) is 29.6. The minimum absolute atomic E-state index is 0.184. The molecule has 0 atom stereocenters. The number of benzene rings is 3. The summed E-state index contributed by atoms with van der Waals surface area (Å²) in [6.45, 7) is 0. The normalized spacial score (nSPS) is 14.5. The van der Waals surface area contributed by atoms with Crippen LogP contribution in [0.5, 0.6) is 0 Å². The summed E-state index contributed by atoms with van der Waals surface area (Å²) in [7, 11) is -4.51. The topological polar surface area (TPSA) is 0 Å². The lowest BCUT2D eigenvalue weighted by Crippen LogP contribution is -2.33. The fourth-order valence-corrected chi connectivity index (χ4v) is 5.68. The van der Waals surface area contributed by atoms with Crippen LogP contribution in [0.1, 0.15) is 16.7 Å². The maximum atomic E-state index is 16.8. The van der Waals surface area contributed by atoms with Crippen LogP contribution in [0.4, 0.5) is 61.0 Å². The lowest BCUT2D eigenvalue weighted by atomic mass is 10.1. The zero-order valence-corrected chi connectivity index (χ0v) is 18.9. The van der Waals surface area contributed by atoms with Gasteiger partial charge in [0.2, 0.25) is 0 Å².